The topological polar surface area (TPSA) is 21.3 Å². The van der Waals surface area contributed by atoms with E-state index < -0.39 is 18.6 Å². The molecule has 0 aliphatic heterocycles. The first-order chi connectivity index (χ1) is 8.94. The van der Waals surface area contributed by atoms with E-state index in [9.17, 15) is 13.2 Å². The lowest BCUT2D eigenvalue weighted by Gasteiger charge is -2.19. The molecule has 19 heavy (non-hydrogen) atoms. The van der Waals surface area contributed by atoms with Crippen LogP contribution in [0, 0.1) is 0 Å². The highest BCUT2D eigenvalue weighted by Gasteiger charge is 2.31. The summed E-state index contributed by atoms with van der Waals surface area (Å²) in [5.41, 5.74) is 1.02. The fourth-order valence-electron chi connectivity index (χ4n) is 1.98. The van der Waals surface area contributed by atoms with Crippen molar-refractivity contribution in [2.75, 3.05) is 13.7 Å². The zero-order valence-corrected chi connectivity index (χ0v) is 11.3. The quantitative estimate of drug-likeness (QED) is 0.821. The molecule has 0 saturated carbocycles. The van der Waals surface area contributed by atoms with E-state index in [1.807, 2.05) is 31.2 Å². The fourth-order valence-corrected chi connectivity index (χ4v) is 1.98. The minimum absolute atomic E-state index is 0.472. The first-order valence-electron chi connectivity index (χ1n) is 6.37. The molecule has 1 N–H and O–H groups in total. The van der Waals surface area contributed by atoms with Gasteiger partial charge in [0.15, 0.2) is 0 Å². The molecule has 0 fully saturated rings. The largest absolute Gasteiger partial charge is 0.497 e. The van der Waals surface area contributed by atoms with Crippen LogP contribution in [0.1, 0.15) is 25.3 Å². The first-order valence-corrected chi connectivity index (χ1v) is 6.37. The number of aryl methyl sites for hydroxylation is 1. The highest BCUT2D eigenvalue weighted by atomic mass is 19.4. The molecule has 1 atom stereocenters. The van der Waals surface area contributed by atoms with Crippen molar-refractivity contribution in [1.82, 2.24) is 5.32 Å². The Hall–Kier alpha value is -1.23. The maximum Gasteiger partial charge on any atom is 0.390 e. The highest BCUT2D eigenvalue weighted by Crippen LogP contribution is 2.23. The molecule has 1 unspecified atom stereocenters. The van der Waals surface area contributed by atoms with Gasteiger partial charge in [-0.3, -0.25) is 0 Å². The predicted octanol–water partition coefficient (Wildman–Crippen LogP) is 3.56. The van der Waals surface area contributed by atoms with Crippen LogP contribution in [0.5, 0.6) is 5.75 Å². The first kappa shape index (κ1) is 15.8. The molecule has 0 radical (unpaired) electrons. The zero-order valence-electron chi connectivity index (χ0n) is 11.3. The van der Waals surface area contributed by atoms with Crippen molar-refractivity contribution in [1.29, 1.82) is 0 Å². The number of benzene rings is 1. The van der Waals surface area contributed by atoms with Crippen molar-refractivity contribution in [2.45, 2.75) is 38.4 Å². The van der Waals surface area contributed by atoms with Crippen molar-refractivity contribution < 1.29 is 17.9 Å². The standard InChI is InChI=1S/C14H20F3NO/c1-3-18-12(10-14(15,16)17)7-4-11-5-8-13(19-2)9-6-11/h5-6,8-9,12,18H,3-4,7,10H2,1-2H3. The molecule has 5 heteroatoms. The molecule has 108 valence electrons. The maximum atomic E-state index is 12.4. The molecule has 1 aromatic rings. The summed E-state index contributed by atoms with van der Waals surface area (Å²) in [6.45, 7) is 2.36. The molecule has 0 bridgehead atoms. The molecule has 0 aromatic heterocycles. The van der Waals surface area contributed by atoms with Gasteiger partial charge in [-0.25, -0.2) is 0 Å². The van der Waals surface area contributed by atoms with Gasteiger partial charge in [-0.1, -0.05) is 19.1 Å². The molecule has 0 aliphatic carbocycles. The second kappa shape index (κ2) is 7.38. The summed E-state index contributed by atoms with van der Waals surface area (Å²) < 4.78 is 42.2. The van der Waals surface area contributed by atoms with E-state index in [1.165, 1.54) is 0 Å². The molecule has 2 nitrogen and oxygen atoms in total. The SMILES string of the molecule is CCNC(CCc1ccc(OC)cc1)CC(F)(F)F. The van der Waals surface area contributed by atoms with Crippen LogP contribution in [-0.4, -0.2) is 25.9 Å². The van der Waals surface area contributed by atoms with E-state index in [0.717, 1.165) is 11.3 Å². The molecule has 0 aliphatic rings. The lowest BCUT2D eigenvalue weighted by atomic mass is 10.0. The van der Waals surface area contributed by atoms with E-state index in [0.29, 0.717) is 19.4 Å². The van der Waals surface area contributed by atoms with Gasteiger partial charge < -0.3 is 10.1 Å². The third kappa shape index (κ3) is 6.47. The predicted molar refractivity (Wildman–Crippen MR) is 69.5 cm³/mol. The average Bonchev–Trinajstić information content (AvgIpc) is 2.35. The molecule has 0 heterocycles. The summed E-state index contributed by atoms with van der Waals surface area (Å²) in [4.78, 5) is 0. The summed E-state index contributed by atoms with van der Waals surface area (Å²) >= 11 is 0. The Balaban J connectivity index is 2.50. The normalized spacial score (nSPS) is 13.3. The summed E-state index contributed by atoms with van der Waals surface area (Å²) in [6, 6.07) is 6.89. The second-order valence-electron chi connectivity index (χ2n) is 4.46. The Morgan fingerprint density at radius 2 is 1.84 bits per heavy atom. The third-order valence-corrected chi connectivity index (χ3v) is 2.91. The van der Waals surface area contributed by atoms with Crippen LogP contribution in [0.4, 0.5) is 13.2 Å². The maximum absolute atomic E-state index is 12.4. The second-order valence-corrected chi connectivity index (χ2v) is 4.46. The van der Waals surface area contributed by atoms with E-state index in [1.54, 1.807) is 7.11 Å². The monoisotopic (exact) mass is 275 g/mol. The molecular formula is C14H20F3NO. The van der Waals surface area contributed by atoms with Crippen LogP contribution in [0.25, 0.3) is 0 Å². The van der Waals surface area contributed by atoms with Crippen molar-refractivity contribution in [3.05, 3.63) is 29.8 Å². The summed E-state index contributed by atoms with van der Waals surface area (Å²) in [7, 11) is 1.58. The number of alkyl halides is 3. The Morgan fingerprint density at radius 3 is 2.32 bits per heavy atom. The minimum atomic E-state index is -4.12. The van der Waals surface area contributed by atoms with Crippen molar-refractivity contribution in [3.63, 3.8) is 0 Å². The van der Waals surface area contributed by atoms with Gasteiger partial charge in [-0.15, -0.1) is 0 Å². The number of nitrogens with one attached hydrogen (secondary N) is 1. The number of halogens is 3. The van der Waals surface area contributed by atoms with Gasteiger partial charge in [0.2, 0.25) is 0 Å². The van der Waals surface area contributed by atoms with Crippen LogP contribution in [0.3, 0.4) is 0 Å². The number of hydrogen-bond acceptors (Lipinski definition) is 2. The molecule has 0 saturated heterocycles. The van der Waals surface area contributed by atoms with E-state index in [4.69, 9.17) is 4.74 Å². The van der Waals surface area contributed by atoms with Gasteiger partial charge in [0.1, 0.15) is 5.75 Å². The van der Waals surface area contributed by atoms with E-state index >= 15 is 0 Å². The van der Waals surface area contributed by atoms with Crippen LogP contribution in [0.2, 0.25) is 0 Å². The molecule has 0 amide bonds. The molecule has 1 aromatic carbocycles. The Labute approximate surface area is 112 Å². The Kier molecular flexibility index (Phi) is 6.15. The molecule has 0 spiro atoms. The van der Waals surface area contributed by atoms with Crippen molar-refractivity contribution >= 4 is 0 Å². The van der Waals surface area contributed by atoms with Gasteiger partial charge in [0, 0.05) is 6.04 Å². The molecule has 1 rings (SSSR count). The van der Waals surface area contributed by atoms with Crippen LogP contribution < -0.4 is 10.1 Å². The number of ether oxygens (including phenoxy) is 1. The summed E-state index contributed by atoms with van der Waals surface area (Å²) in [6.07, 6.45) is -3.80. The van der Waals surface area contributed by atoms with Gasteiger partial charge in [-0.05, 0) is 37.1 Å². The zero-order chi connectivity index (χ0) is 14.3. The lowest BCUT2D eigenvalue weighted by molar-refractivity contribution is -0.140. The van der Waals surface area contributed by atoms with Crippen LogP contribution in [-0.2, 0) is 6.42 Å². The Morgan fingerprint density at radius 1 is 1.21 bits per heavy atom. The van der Waals surface area contributed by atoms with Crippen molar-refractivity contribution in [3.8, 4) is 5.75 Å². The Bertz CT molecular complexity index is 362. The van der Waals surface area contributed by atoms with Gasteiger partial charge >= 0.3 is 6.18 Å². The fraction of sp³-hybridized carbons (Fsp3) is 0.571. The van der Waals surface area contributed by atoms with Gasteiger partial charge in [0.25, 0.3) is 0 Å². The average molecular weight is 275 g/mol. The van der Waals surface area contributed by atoms with Crippen molar-refractivity contribution in [2.24, 2.45) is 0 Å². The number of rotatable bonds is 7. The highest BCUT2D eigenvalue weighted by molar-refractivity contribution is 5.27. The number of methoxy groups -OCH3 is 1. The lowest BCUT2D eigenvalue weighted by Crippen LogP contribution is -2.34. The molecular weight excluding hydrogens is 255 g/mol. The van der Waals surface area contributed by atoms with Gasteiger partial charge in [-0.2, -0.15) is 13.2 Å². The van der Waals surface area contributed by atoms with Gasteiger partial charge in [0.05, 0.1) is 13.5 Å². The summed E-state index contributed by atoms with van der Waals surface area (Å²) in [5.74, 6) is 0.752. The van der Waals surface area contributed by atoms with E-state index in [-0.39, 0.29) is 0 Å². The summed E-state index contributed by atoms with van der Waals surface area (Å²) in [5, 5.41) is 2.89. The number of hydrogen-bond donors (Lipinski definition) is 1. The van der Waals surface area contributed by atoms with E-state index in [2.05, 4.69) is 5.32 Å². The van der Waals surface area contributed by atoms with Crippen LogP contribution in [0.15, 0.2) is 24.3 Å². The van der Waals surface area contributed by atoms with Crippen LogP contribution >= 0.6 is 0 Å². The third-order valence-electron chi connectivity index (χ3n) is 2.91. The minimum Gasteiger partial charge on any atom is -0.497 e. The smallest absolute Gasteiger partial charge is 0.390 e.